The van der Waals surface area contributed by atoms with E-state index < -0.39 is 21.3 Å². The number of fused-ring (bicyclic) bond motifs is 2. The van der Waals surface area contributed by atoms with Crippen LogP contribution in [0.3, 0.4) is 0 Å². The van der Waals surface area contributed by atoms with Crippen molar-refractivity contribution in [3.05, 3.63) is 23.8 Å². The molecule has 7 heteroatoms. The zero-order valence-electron chi connectivity index (χ0n) is 19.0. The summed E-state index contributed by atoms with van der Waals surface area (Å²) in [6.07, 6.45) is 1.96. The molecule has 0 spiro atoms. The Bertz CT molecular complexity index is 894. The molecule has 6 nitrogen and oxygen atoms in total. The summed E-state index contributed by atoms with van der Waals surface area (Å²) in [6.45, 7) is 6.86. The molecule has 1 heterocycles. The molecule has 1 aliphatic carbocycles. The van der Waals surface area contributed by atoms with Gasteiger partial charge in [0.1, 0.15) is 5.41 Å². The number of benzene rings is 1. The number of nitrogens with zero attached hydrogens (tertiary/aromatic N) is 1. The molecule has 170 valence electrons. The van der Waals surface area contributed by atoms with E-state index in [4.69, 9.17) is 14.2 Å². The molecule has 3 rings (SSSR count). The predicted octanol–water partition coefficient (Wildman–Crippen LogP) is 3.38. The van der Waals surface area contributed by atoms with Gasteiger partial charge in [0.2, 0.25) is 0 Å². The summed E-state index contributed by atoms with van der Waals surface area (Å²) in [7, 11) is 3.54. The van der Waals surface area contributed by atoms with E-state index >= 15 is 0 Å². The molecule has 2 aliphatic rings. The van der Waals surface area contributed by atoms with Crippen LogP contribution in [0.4, 0.5) is 0 Å². The number of methoxy groups -OCH3 is 1. The number of piperidine rings is 1. The molecule has 2 fully saturated rings. The Hall–Kier alpha value is -1.75. The van der Waals surface area contributed by atoms with E-state index in [0.717, 1.165) is 6.42 Å². The average Bonchev–Trinajstić information content (AvgIpc) is 2.69. The van der Waals surface area contributed by atoms with Crippen LogP contribution in [-0.4, -0.2) is 65.9 Å². The number of ether oxygens (including phenoxy) is 3. The van der Waals surface area contributed by atoms with E-state index in [1.807, 2.05) is 39.1 Å². The Kier molecular flexibility index (Phi) is 6.95. The molecular weight excluding hydrogens is 462 g/mol. The number of hydrogen-bond donors (Lipinski definition) is 1. The Morgan fingerprint density at radius 3 is 2.71 bits per heavy atom. The normalized spacial score (nSPS) is 30.3. The molecule has 31 heavy (non-hydrogen) atoms. The lowest BCUT2D eigenvalue weighted by Crippen LogP contribution is -2.75. The van der Waals surface area contributed by atoms with Crippen LogP contribution in [0.1, 0.15) is 45.6 Å². The summed E-state index contributed by atoms with van der Waals surface area (Å²) in [4.78, 5) is 15.3. The van der Waals surface area contributed by atoms with Crippen molar-refractivity contribution in [2.45, 2.75) is 56.1 Å². The molecule has 0 amide bonds. The minimum atomic E-state index is -1.60. The number of hydrogen-bond acceptors (Lipinski definition) is 6. The van der Waals surface area contributed by atoms with Crippen molar-refractivity contribution >= 4 is 21.9 Å². The first kappa shape index (κ1) is 23.9. The number of alkyl halides is 1. The number of likely N-dealkylation sites (tertiary alicyclic amines) is 1. The van der Waals surface area contributed by atoms with Gasteiger partial charge in [0.25, 0.3) is 0 Å². The first-order valence-corrected chi connectivity index (χ1v) is 11.6. The van der Waals surface area contributed by atoms with Gasteiger partial charge in [-0.15, -0.1) is 0 Å². The van der Waals surface area contributed by atoms with Gasteiger partial charge in [0, 0.05) is 13.1 Å². The van der Waals surface area contributed by atoms with E-state index in [0.29, 0.717) is 43.0 Å². The highest BCUT2D eigenvalue weighted by molar-refractivity contribution is 9.10. The summed E-state index contributed by atoms with van der Waals surface area (Å²) < 4.78 is 16.1. The van der Waals surface area contributed by atoms with Crippen LogP contribution in [0.5, 0.6) is 11.5 Å². The SMILES string of the molecule is CCOC(=O)[C@]12CCC[C@](Br)(CN(C)C1)C2(O)C#Cc1cccc(OC)c1OC(C)C. The van der Waals surface area contributed by atoms with Crippen molar-refractivity contribution < 1.29 is 24.1 Å². The summed E-state index contributed by atoms with van der Waals surface area (Å²) in [5.74, 6) is 6.96. The van der Waals surface area contributed by atoms with E-state index in [2.05, 4.69) is 32.7 Å². The quantitative estimate of drug-likeness (QED) is 0.385. The van der Waals surface area contributed by atoms with Crippen LogP contribution in [0.2, 0.25) is 0 Å². The predicted molar refractivity (Wildman–Crippen MR) is 123 cm³/mol. The fourth-order valence-electron chi connectivity index (χ4n) is 4.90. The third-order valence-corrected chi connectivity index (χ3v) is 7.40. The Balaban J connectivity index is 2.15. The third kappa shape index (κ3) is 4.06. The van der Waals surface area contributed by atoms with Crippen molar-refractivity contribution in [2.24, 2.45) is 5.41 Å². The van der Waals surface area contributed by atoms with Gasteiger partial charge in [-0.05, 0) is 52.8 Å². The largest absolute Gasteiger partial charge is 0.493 e. The van der Waals surface area contributed by atoms with Crippen LogP contribution in [-0.2, 0) is 9.53 Å². The average molecular weight is 494 g/mol. The molecule has 1 aliphatic heterocycles. The number of aliphatic hydroxyl groups is 1. The number of carbonyl (C=O) groups is 1. The van der Waals surface area contributed by atoms with E-state index in [1.165, 1.54) is 0 Å². The van der Waals surface area contributed by atoms with Gasteiger partial charge < -0.3 is 24.2 Å². The summed E-state index contributed by atoms with van der Waals surface area (Å²) in [5.41, 5.74) is -2.13. The van der Waals surface area contributed by atoms with Crippen LogP contribution in [0.25, 0.3) is 0 Å². The zero-order chi connectivity index (χ0) is 22.9. The highest BCUT2D eigenvalue weighted by atomic mass is 79.9. The lowest BCUT2D eigenvalue weighted by molar-refractivity contribution is -0.191. The van der Waals surface area contributed by atoms with E-state index in [9.17, 15) is 9.90 Å². The highest BCUT2D eigenvalue weighted by Gasteiger charge is 2.70. The number of carbonyl (C=O) groups excluding carboxylic acids is 1. The maximum Gasteiger partial charge on any atom is 0.317 e. The summed E-state index contributed by atoms with van der Waals surface area (Å²) >= 11 is 3.81. The van der Waals surface area contributed by atoms with Crippen molar-refractivity contribution in [3.8, 4) is 23.3 Å². The van der Waals surface area contributed by atoms with Gasteiger partial charge in [-0.25, -0.2) is 0 Å². The van der Waals surface area contributed by atoms with Gasteiger partial charge in [0.15, 0.2) is 17.1 Å². The third-order valence-electron chi connectivity index (χ3n) is 6.17. The molecule has 1 saturated carbocycles. The van der Waals surface area contributed by atoms with Crippen LogP contribution >= 0.6 is 15.9 Å². The fraction of sp³-hybridized carbons (Fsp3) is 0.625. The molecule has 1 unspecified atom stereocenters. The minimum absolute atomic E-state index is 0.0731. The van der Waals surface area contributed by atoms with E-state index in [-0.39, 0.29) is 12.7 Å². The maximum absolute atomic E-state index is 13.2. The number of para-hydroxylation sites is 1. The molecule has 1 saturated heterocycles. The van der Waals surface area contributed by atoms with Gasteiger partial charge in [-0.1, -0.05) is 40.3 Å². The number of rotatable bonds is 5. The Morgan fingerprint density at radius 1 is 1.32 bits per heavy atom. The van der Waals surface area contributed by atoms with Crippen molar-refractivity contribution in [1.82, 2.24) is 4.90 Å². The van der Waals surface area contributed by atoms with Crippen LogP contribution in [0.15, 0.2) is 18.2 Å². The Morgan fingerprint density at radius 2 is 2.06 bits per heavy atom. The molecule has 1 aromatic carbocycles. The highest BCUT2D eigenvalue weighted by Crippen LogP contribution is 2.57. The number of esters is 1. The molecule has 0 radical (unpaired) electrons. The van der Waals surface area contributed by atoms with Crippen LogP contribution in [0, 0.1) is 17.3 Å². The second-order valence-corrected chi connectivity index (χ2v) is 10.3. The zero-order valence-corrected chi connectivity index (χ0v) is 20.5. The van der Waals surface area contributed by atoms with Gasteiger partial charge in [-0.3, -0.25) is 4.79 Å². The first-order chi connectivity index (χ1) is 14.6. The summed E-state index contributed by atoms with van der Waals surface area (Å²) in [5, 5.41) is 12.1. The fourth-order valence-corrected chi connectivity index (χ4v) is 6.08. The number of halogens is 1. The van der Waals surface area contributed by atoms with Gasteiger partial charge in [0.05, 0.1) is 29.7 Å². The molecule has 1 aromatic rings. The smallest absolute Gasteiger partial charge is 0.317 e. The maximum atomic E-state index is 13.2. The van der Waals surface area contributed by atoms with Crippen molar-refractivity contribution in [2.75, 3.05) is 33.9 Å². The molecular formula is C24H32BrNO5. The Labute approximate surface area is 193 Å². The van der Waals surface area contributed by atoms with Crippen molar-refractivity contribution in [1.29, 1.82) is 0 Å². The molecule has 3 atom stereocenters. The van der Waals surface area contributed by atoms with Crippen LogP contribution < -0.4 is 9.47 Å². The summed E-state index contributed by atoms with van der Waals surface area (Å²) in [6, 6.07) is 5.48. The lowest BCUT2D eigenvalue weighted by atomic mass is 9.55. The lowest BCUT2D eigenvalue weighted by Gasteiger charge is -2.60. The second-order valence-electron chi connectivity index (χ2n) is 8.76. The topological polar surface area (TPSA) is 68.2 Å². The second kappa shape index (κ2) is 9.01. The molecule has 1 N–H and O–H groups in total. The monoisotopic (exact) mass is 493 g/mol. The molecule has 2 bridgehead atoms. The molecule has 0 aromatic heterocycles. The minimum Gasteiger partial charge on any atom is -0.493 e. The van der Waals surface area contributed by atoms with E-state index in [1.54, 1.807) is 14.0 Å². The van der Waals surface area contributed by atoms with Gasteiger partial charge in [-0.2, -0.15) is 0 Å². The van der Waals surface area contributed by atoms with Crippen molar-refractivity contribution in [3.63, 3.8) is 0 Å². The first-order valence-electron chi connectivity index (χ1n) is 10.8. The van der Waals surface area contributed by atoms with Gasteiger partial charge >= 0.3 is 5.97 Å². The standard InChI is InChI=1S/C24H32BrNO5/c1-6-30-21(27)22-12-8-13-23(25,16-26(4)15-22)24(22,28)14-11-18-9-7-10-19(29-5)20(18)31-17(2)3/h7,9-10,17,28H,6,8,12-13,15-16H2,1-5H3/t22-,23-,24?/m0/s1.